The molecule has 0 aliphatic heterocycles. The van der Waals surface area contributed by atoms with Crippen LogP contribution in [0.1, 0.15) is 11.3 Å². The van der Waals surface area contributed by atoms with Crippen LogP contribution in [0.3, 0.4) is 0 Å². The summed E-state index contributed by atoms with van der Waals surface area (Å²) in [4.78, 5) is 28.8. The van der Waals surface area contributed by atoms with E-state index in [2.05, 4.69) is 31.5 Å². The van der Waals surface area contributed by atoms with Crippen LogP contribution in [0.25, 0.3) is 0 Å². The van der Waals surface area contributed by atoms with Gasteiger partial charge in [-0.15, -0.1) is 0 Å². The van der Waals surface area contributed by atoms with Crippen LogP contribution >= 0.6 is 27.7 Å². The number of benzene rings is 2. The average molecular weight is 507 g/mol. The van der Waals surface area contributed by atoms with E-state index in [4.69, 9.17) is 0 Å². The number of hydrogen-bond acceptors (Lipinski definition) is 5. The lowest BCUT2D eigenvalue weighted by molar-refractivity contribution is -0.122. The van der Waals surface area contributed by atoms with E-state index in [0.717, 1.165) is 10.0 Å². The number of imidazole rings is 1. The van der Waals surface area contributed by atoms with E-state index >= 15 is 0 Å². The number of nitrogens with one attached hydrogen (secondary N) is 2. The molecular weight excluding hydrogens is 487 g/mol. The minimum absolute atomic E-state index is 0.0618. The Labute approximate surface area is 191 Å². The van der Waals surface area contributed by atoms with Crippen LogP contribution < -0.4 is 10.6 Å². The van der Waals surface area contributed by atoms with Gasteiger partial charge in [0.2, 0.25) is 11.8 Å². The zero-order valence-electron chi connectivity index (χ0n) is 16.3. The standard InChI is InChI=1S/C21H20BrFN4O3S/c22-15-3-7-17(8-4-15)26-20(30)13-31-21-25-10-18(12-28)27(21)11-19(29)24-9-14-1-5-16(23)6-2-14/h1-8,10,28H,9,11-13H2,(H,24,29)(H,26,30). The molecule has 7 nitrogen and oxygen atoms in total. The highest BCUT2D eigenvalue weighted by Gasteiger charge is 2.15. The second-order valence-corrected chi connectivity index (χ2v) is 8.38. The Balaban J connectivity index is 1.56. The van der Waals surface area contributed by atoms with Gasteiger partial charge in [-0.25, -0.2) is 9.37 Å². The average Bonchev–Trinajstić information content (AvgIpc) is 3.15. The molecule has 3 N–H and O–H groups in total. The fourth-order valence-electron chi connectivity index (χ4n) is 2.67. The van der Waals surface area contributed by atoms with Gasteiger partial charge in [0.05, 0.1) is 24.3 Å². The second-order valence-electron chi connectivity index (χ2n) is 6.52. The molecule has 0 unspecified atom stereocenters. The Morgan fingerprint density at radius 2 is 1.81 bits per heavy atom. The largest absolute Gasteiger partial charge is 0.390 e. The Morgan fingerprint density at radius 3 is 2.48 bits per heavy atom. The van der Waals surface area contributed by atoms with Crippen molar-refractivity contribution in [2.75, 3.05) is 11.1 Å². The first-order valence-electron chi connectivity index (χ1n) is 9.29. The SMILES string of the molecule is O=C(Cn1c(CO)cnc1SCC(=O)Nc1ccc(Br)cc1)NCc1ccc(F)cc1. The third kappa shape index (κ3) is 6.91. The predicted molar refractivity (Wildman–Crippen MR) is 120 cm³/mol. The van der Waals surface area contributed by atoms with Crippen LogP contribution in [0, 0.1) is 5.82 Å². The van der Waals surface area contributed by atoms with Crippen molar-refractivity contribution in [3.63, 3.8) is 0 Å². The van der Waals surface area contributed by atoms with Gasteiger partial charge in [-0.2, -0.15) is 0 Å². The van der Waals surface area contributed by atoms with Crippen LogP contribution in [0.5, 0.6) is 0 Å². The van der Waals surface area contributed by atoms with Crippen LogP contribution in [-0.2, 0) is 29.3 Å². The van der Waals surface area contributed by atoms with Gasteiger partial charge in [-0.3, -0.25) is 9.59 Å². The maximum absolute atomic E-state index is 13.0. The second kappa shape index (κ2) is 11.1. The predicted octanol–water partition coefficient (Wildman–Crippen LogP) is 3.32. The maximum Gasteiger partial charge on any atom is 0.240 e. The molecule has 0 fully saturated rings. The molecule has 10 heteroatoms. The summed E-state index contributed by atoms with van der Waals surface area (Å²) in [6.07, 6.45) is 1.47. The molecule has 3 aromatic rings. The lowest BCUT2D eigenvalue weighted by Crippen LogP contribution is -2.28. The number of amides is 2. The van der Waals surface area contributed by atoms with E-state index in [-0.39, 0.29) is 43.1 Å². The summed E-state index contributed by atoms with van der Waals surface area (Å²) in [5.41, 5.74) is 1.91. The fourth-order valence-corrected chi connectivity index (χ4v) is 3.73. The summed E-state index contributed by atoms with van der Waals surface area (Å²) in [6, 6.07) is 13.1. The molecule has 0 bridgehead atoms. The summed E-state index contributed by atoms with van der Waals surface area (Å²) < 4.78 is 15.5. The van der Waals surface area contributed by atoms with E-state index in [1.165, 1.54) is 30.1 Å². The normalized spacial score (nSPS) is 10.7. The van der Waals surface area contributed by atoms with Crippen LogP contribution in [0.4, 0.5) is 10.1 Å². The first-order valence-corrected chi connectivity index (χ1v) is 11.1. The van der Waals surface area contributed by atoms with E-state index in [1.807, 2.05) is 12.1 Å². The molecule has 3 rings (SSSR count). The molecular formula is C21H20BrFN4O3S. The lowest BCUT2D eigenvalue weighted by Gasteiger charge is -2.11. The van der Waals surface area contributed by atoms with Crippen molar-refractivity contribution in [2.24, 2.45) is 0 Å². The lowest BCUT2D eigenvalue weighted by atomic mass is 10.2. The molecule has 0 saturated heterocycles. The number of aromatic nitrogens is 2. The minimum Gasteiger partial charge on any atom is -0.390 e. The summed E-state index contributed by atoms with van der Waals surface area (Å²) >= 11 is 4.51. The number of thioether (sulfide) groups is 1. The molecule has 0 radical (unpaired) electrons. The Kier molecular flexibility index (Phi) is 8.21. The Bertz CT molecular complexity index is 1040. The number of nitrogens with zero attached hydrogens (tertiary/aromatic N) is 2. The number of hydrogen-bond donors (Lipinski definition) is 3. The molecule has 0 atom stereocenters. The van der Waals surface area contributed by atoms with Gasteiger partial charge in [0.1, 0.15) is 12.4 Å². The van der Waals surface area contributed by atoms with Crippen LogP contribution in [-0.4, -0.2) is 32.2 Å². The minimum atomic E-state index is -0.341. The molecule has 162 valence electrons. The van der Waals surface area contributed by atoms with Crippen LogP contribution in [0.15, 0.2) is 64.4 Å². The first kappa shape index (κ1) is 23.0. The van der Waals surface area contributed by atoms with Gasteiger partial charge >= 0.3 is 0 Å². The molecule has 0 saturated carbocycles. The molecule has 0 spiro atoms. The highest BCUT2D eigenvalue weighted by Crippen LogP contribution is 2.20. The number of rotatable bonds is 9. The molecule has 0 aliphatic rings. The van der Waals surface area contributed by atoms with Crippen molar-refractivity contribution in [3.8, 4) is 0 Å². The number of carbonyl (C=O) groups excluding carboxylic acids is 2. The number of anilines is 1. The molecule has 2 aromatic carbocycles. The smallest absolute Gasteiger partial charge is 0.240 e. The highest BCUT2D eigenvalue weighted by molar-refractivity contribution is 9.10. The van der Waals surface area contributed by atoms with Gasteiger partial charge < -0.3 is 20.3 Å². The molecule has 0 aliphatic carbocycles. The van der Waals surface area contributed by atoms with Gasteiger partial charge in [0, 0.05) is 16.7 Å². The van der Waals surface area contributed by atoms with Gasteiger partial charge in [-0.1, -0.05) is 39.8 Å². The van der Waals surface area contributed by atoms with Crippen molar-refractivity contribution in [1.29, 1.82) is 0 Å². The van der Waals surface area contributed by atoms with Crippen molar-refractivity contribution >= 4 is 45.2 Å². The molecule has 31 heavy (non-hydrogen) atoms. The number of halogens is 2. The Hall–Kier alpha value is -2.69. The summed E-state index contributed by atoms with van der Waals surface area (Å²) in [5.74, 6) is -0.756. The first-order chi connectivity index (χ1) is 14.9. The summed E-state index contributed by atoms with van der Waals surface area (Å²) in [6.45, 7) is -0.0992. The fraction of sp³-hybridized carbons (Fsp3) is 0.190. The number of aliphatic hydroxyl groups excluding tert-OH is 1. The monoisotopic (exact) mass is 506 g/mol. The van der Waals surface area contributed by atoms with E-state index in [0.29, 0.717) is 16.5 Å². The van der Waals surface area contributed by atoms with Crippen molar-refractivity contribution in [1.82, 2.24) is 14.9 Å². The zero-order chi connectivity index (χ0) is 22.2. The third-order valence-electron chi connectivity index (χ3n) is 4.23. The van der Waals surface area contributed by atoms with Crippen molar-refractivity contribution < 1.29 is 19.1 Å². The van der Waals surface area contributed by atoms with Gasteiger partial charge in [0.15, 0.2) is 5.16 Å². The molecule has 1 aromatic heterocycles. The number of carbonyl (C=O) groups is 2. The van der Waals surface area contributed by atoms with Gasteiger partial charge in [0.25, 0.3) is 0 Å². The van der Waals surface area contributed by atoms with E-state index in [9.17, 15) is 19.1 Å². The molecule has 2 amide bonds. The Morgan fingerprint density at radius 1 is 1.10 bits per heavy atom. The third-order valence-corrected chi connectivity index (χ3v) is 5.75. The van der Waals surface area contributed by atoms with Crippen molar-refractivity contribution in [3.05, 3.63) is 76.3 Å². The summed E-state index contributed by atoms with van der Waals surface area (Å²) in [5, 5.41) is 15.5. The van der Waals surface area contributed by atoms with Gasteiger partial charge in [-0.05, 0) is 42.0 Å². The van der Waals surface area contributed by atoms with Crippen LogP contribution in [0.2, 0.25) is 0 Å². The highest BCUT2D eigenvalue weighted by atomic mass is 79.9. The van der Waals surface area contributed by atoms with E-state index in [1.54, 1.807) is 28.8 Å². The summed E-state index contributed by atoms with van der Waals surface area (Å²) in [7, 11) is 0. The molecule has 1 heterocycles. The maximum atomic E-state index is 13.0. The zero-order valence-corrected chi connectivity index (χ0v) is 18.7. The van der Waals surface area contributed by atoms with E-state index < -0.39 is 0 Å². The number of aliphatic hydroxyl groups is 1. The quantitative estimate of drug-likeness (QED) is 0.387. The van der Waals surface area contributed by atoms with Crippen molar-refractivity contribution in [2.45, 2.75) is 24.9 Å². The topological polar surface area (TPSA) is 96.2 Å².